The molecule has 0 fully saturated rings. The minimum Gasteiger partial charge on any atom is -0.383 e. The lowest BCUT2D eigenvalue weighted by molar-refractivity contribution is -0.113. The molecule has 0 aliphatic carbocycles. The Bertz CT molecular complexity index is 910. The fourth-order valence-electron chi connectivity index (χ4n) is 1.84. The first kappa shape index (κ1) is 19.0. The van der Waals surface area contributed by atoms with Crippen LogP contribution in [0.2, 0.25) is 0 Å². The van der Waals surface area contributed by atoms with Crippen LogP contribution in [0, 0.1) is 0 Å². The quantitative estimate of drug-likeness (QED) is 0.399. The highest BCUT2D eigenvalue weighted by Crippen LogP contribution is 2.16. The van der Waals surface area contributed by atoms with Crippen LogP contribution >= 0.6 is 11.8 Å². The van der Waals surface area contributed by atoms with E-state index in [0.29, 0.717) is 5.69 Å². The standard InChI is InChI=1S/C14H17N5O4S2/c1-2-16-25(22,23)10-5-3-9(4-6-10)17-13(21)8-24-14-18-11(15)7-12(20)19-14/h3-7,16H,2,8H2,1H3,(H,17,21)(H3,15,18,19,20). The number of anilines is 2. The zero-order valence-electron chi connectivity index (χ0n) is 13.3. The number of aromatic nitrogens is 2. The summed E-state index contributed by atoms with van der Waals surface area (Å²) in [6, 6.07) is 6.93. The van der Waals surface area contributed by atoms with Gasteiger partial charge in [0.15, 0.2) is 5.16 Å². The summed E-state index contributed by atoms with van der Waals surface area (Å²) in [6.45, 7) is 1.98. The molecule has 9 nitrogen and oxygen atoms in total. The molecule has 5 N–H and O–H groups in total. The molecule has 1 aromatic heterocycles. The third-order valence-corrected chi connectivity index (χ3v) is 5.30. The zero-order chi connectivity index (χ0) is 18.4. The number of carbonyl (C=O) groups is 1. The molecule has 11 heteroatoms. The zero-order valence-corrected chi connectivity index (χ0v) is 14.9. The molecule has 134 valence electrons. The number of amides is 1. The second kappa shape index (κ2) is 8.14. The largest absolute Gasteiger partial charge is 0.383 e. The van der Waals surface area contributed by atoms with Crippen molar-refractivity contribution in [2.45, 2.75) is 17.0 Å². The number of rotatable bonds is 7. The van der Waals surface area contributed by atoms with Crippen molar-refractivity contribution in [2.24, 2.45) is 0 Å². The van der Waals surface area contributed by atoms with E-state index in [0.717, 1.165) is 17.8 Å². The van der Waals surface area contributed by atoms with Gasteiger partial charge in [0.2, 0.25) is 15.9 Å². The molecule has 1 heterocycles. The molecule has 25 heavy (non-hydrogen) atoms. The number of nitrogens with zero attached hydrogens (tertiary/aromatic N) is 1. The predicted molar refractivity (Wildman–Crippen MR) is 95.9 cm³/mol. The minimum atomic E-state index is -3.53. The van der Waals surface area contributed by atoms with Gasteiger partial charge in [-0.1, -0.05) is 18.7 Å². The Hall–Kier alpha value is -2.37. The van der Waals surface area contributed by atoms with E-state index in [1.807, 2.05) is 0 Å². The van der Waals surface area contributed by atoms with E-state index in [-0.39, 0.29) is 34.1 Å². The van der Waals surface area contributed by atoms with Crippen molar-refractivity contribution in [2.75, 3.05) is 23.3 Å². The predicted octanol–water partition coefficient (Wildman–Crippen LogP) is 0.381. The lowest BCUT2D eigenvalue weighted by Crippen LogP contribution is -2.23. The summed E-state index contributed by atoms with van der Waals surface area (Å²) >= 11 is 1.03. The smallest absolute Gasteiger partial charge is 0.253 e. The van der Waals surface area contributed by atoms with Crippen LogP contribution in [0.4, 0.5) is 11.5 Å². The van der Waals surface area contributed by atoms with Gasteiger partial charge in [-0.3, -0.25) is 9.59 Å². The number of benzene rings is 1. The number of aromatic amines is 1. The Balaban J connectivity index is 1.95. The summed E-state index contributed by atoms with van der Waals surface area (Å²) in [7, 11) is -3.53. The third kappa shape index (κ3) is 5.59. The van der Waals surface area contributed by atoms with Crippen LogP contribution in [-0.2, 0) is 14.8 Å². The van der Waals surface area contributed by atoms with Gasteiger partial charge in [-0.2, -0.15) is 0 Å². The fourth-order valence-corrected chi connectivity index (χ4v) is 3.57. The second-order valence-corrected chi connectivity index (χ2v) is 7.57. The number of nitrogens with two attached hydrogens (primary N) is 1. The van der Waals surface area contributed by atoms with Crippen LogP contribution in [0.1, 0.15) is 6.92 Å². The Morgan fingerprint density at radius 3 is 2.60 bits per heavy atom. The molecular weight excluding hydrogens is 366 g/mol. The number of nitrogens with one attached hydrogen (secondary N) is 3. The lowest BCUT2D eigenvalue weighted by atomic mass is 10.3. The average Bonchev–Trinajstić information content (AvgIpc) is 2.52. The third-order valence-electron chi connectivity index (χ3n) is 2.86. The Kier molecular flexibility index (Phi) is 6.17. The van der Waals surface area contributed by atoms with Gasteiger partial charge in [0.25, 0.3) is 5.56 Å². The molecule has 0 bridgehead atoms. The molecule has 0 saturated carbocycles. The number of hydrogen-bond acceptors (Lipinski definition) is 7. The molecule has 0 aliphatic rings. The summed E-state index contributed by atoms with van der Waals surface area (Å²) in [6.07, 6.45) is 0. The highest BCUT2D eigenvalue weighted by Gasteiger charge is 2.12. The van der Waals surface area contributed by atoms with Gasteiger partial charge in [-0.25, -0.2) is 18.1 Å². The van der Waals surface area contributed by atoms with E-state index >= 15 is 0 Å². The van der Waals surface area contributed by atoms with Crippen molar-refractivity contribution < 1.29 is 13.2 Å². The van der Waals surface area contributed by atoms with E-state index in [1.54, 1.807) is 6.92 Å². The number of sulfonamides is 1. The van der Waals surface area contributed by atoms with Crippen molar-refractivity contribution in [3.8, 4) is 0 Å². The first-order valence-electron chi connectivity index (χ1n) is 7.19. The first-order chi connectivity index (χ1) is 11.8. The molecule has 0 aliphatic heterocycles. The monoisotopic (exact) mass is 383 g/mol. The molecule has 0 atom stereocenters. The maximum absolute atomic E-state index is 11.9. The SMILES string of the molecule is CCNS(=O)(=O)c1ccc(NC(=O)CSc2nc(N)cc(=O)[nH]2)cc1. The Labute approximate surface area is 148 Å². The summed E-state index contributed by atoms with van der Waals surface area (Å²) in [5.41, 5.74) is 5.52. The molecule has 0 spiro atoms. The van der Waals surface area contributed by atoms with Gasteiger partial charge in [0.1, 0.15) is 5.82 Å². The van der Waals surface area contributed by atoms with Gasteiger partial charge >= 0.3 is 0 Å². The normalized spacial score (nSPS) is 11.2. The molecule has 2 rings (SSSR count). The molecular formula is C14H17N5O4S2. The summed E-state index contributed by atoms with van der Waals surface area (Å²) in [4.78, 5) is 29.7. The molecule has 0 radical (unpaired) electrons. The van der Waals surface area contributed by atoms with Crippen LogP contribution in [0.25, 0.3) is 0 Å². The Morgan fingerprint density at radius 2 is 2.00 bits per heavy atom. The highest BCUT2D eigenvalue weighted by atomic mass is 32.2. The highest BCUT2D eigenvalue weighted by molar-refractivity contribution is 7.99. The number of H-pyrrole nitrogens is 1. The van der Waals surface area contributed by atoms with Crippen molar-refractivity contribution in [1.29, 1.82) is 0 Å². The molecule has 0 unspecified atom stereocenters. The van der Waals surface area contributed by atoms with Gasteiger partial charge < -0.3 is 16.0 Å². The first-order valence-corrected chi connectivity index (χ1v) is 9.66. The number of carbonyl (C=O) groups excluding carboxylic acids is 1. The fraction of sp³-hybridized carbons (Fsp3) is 0.214. The molecule has 2 aromatic rings. The minimum absolute atomic E-state index is 0.00380. The van der Waals surface area contributed by atoms with Crippen LogP contribution in [0.15, 0.2) is 45.2 Å². The Morgan fingerprint density at radius 1 is 1.32 bits per heavy atom. The second-order valence-electron chi connectivity index (χ2n) is 4.84. The maximum atomic E-state index is 11.9. The van der Waals surface area contributed by atoms with Crippen LogP contribution < -0.4 is 21.3 Å². The lowest BCUT2D eigenvalue weighted by Gasteiger charge is -2.07. The van der Waals surface area contributed by atoms with Crippen molar-refractivity contribution in [1.82, 2.24) is 14.7 Å². The van der Waals surface area contributed by atoms with Crippen LogP contribution in [-0.4, -0.2) is 36.6 Å². The van der Waals surface area contributed by atoms with Crippen LogP contribution in [0.5, 0.6) is 0 Å². The van der Waals surface area contributed by atoms with Gasteiger partial charge in [-0.15, -0.1) is 0 Å². The van der Waals surface area contributed by atoms with Gasteiger partial charge in [-0.05, 0) is 24.3 Å². The average molecular weight is 383 g/mol. The topological polar surface area (TPSA) is 147 Å². The number of nitrogen functional groups attached to an aromatic ring is 1. The van der Waals surface area contributed by atoms with E-state index in [1.165, 1.54) is 24.3 Å². The number of hydrogen-bond donors (Lipinski definition) is 4. The summed E-state index contributed by atoms with van der Waals surface area (Å²) in [5.74, 6) is -0.259. The molecule has 1 aromatic carbocycles. The summed E-state index contributed by atoms with van der Waals surface area (Å²) < 4.78 is 26.0. The molecule has 0 saturated heterocycles. The van der Waals surface area contributed by atoms with Crippen molar-refractivity contribution in [3.63, 3.8) is 0 Å². The van der Waals surface area contributed by atoms with E-state index in [4.69, 9.17) is 5.73 Å². The van der Waals surface area contributed by atoms with E-state index < -0.39 is 15.6 Å². The number of thioether (sulfide) groups is 1. The van der Waals surface area contributed by atoms with Crippen molar-refractivity contribution >= 4 is 39.2 Å². The van der Waals surface area contributed by atoms with Gasteiger partial charge in [0, 0.05) is 18.3 Å². The van der Waals surface area contributed by atoms with Gasteiger partial charge in [0.05, 0.1) is 10.6 Å². The maximum Gasteiger partial charge on any atom is 0.253 e. The van der Waals surface area contributed by atoms with Crippen molar-refractivity contribution in [3.05, 3.63) is 40.7 Å². The molecule has 1 amide bonds. The van der Waals surface area contributed by atoms with E-state index in [2.05, 4.69) is 20.0 Å². The summed E-state index contributed by atoms with van der Waals surface area (Å²) in [5, 5.41) is 2.87. The van der Waals surface area contributed by atoms with Crippen LogP contribution in [0.3, 0.4) is 0 Å². The van der Waals surface area contributed by atoms with E-state index in [9.17, 15) is 18.0 Å².